The van der Waals surface area contributed by atoms with Gasteiger partial charge in [-0.15, -0.1) is 0 Å². The maximum Gasteiger partial charge on any atom is 0.160 e. The molecule has 2 aromatic heterocycles. The third kappa shape index (κ3) is 3.94. The van der Waals surface area contributed by atoms with Gasteiger partial charge in [-0.2, -0.15) is 0 Å². The minimum absolute atomic E-state index is 0.552. The quantitative estimate of drug-likeness (QED) is 0.707. The van der Waals surface area contributed by atoms with Gasteiger partial charge in [0.05, 0.1) is 0 Å². The number of piperazine rings is 1. The van der Waals surface area contributed by atoms with Gasteiger partial charge in [-0.3, -0.25) is 0 Å². The lowest BCUT2D eigenvalue weighted by atomic mass is 10.1. The highest BCUT2D eigenvalue weighted by Gasteiger charge is 2.22. The van der Waals surface area contributed by atoms with E-state index >= 15 is 0 Å². The van der Waals surface area contributed by atoms with Gasteiger partial charge in [0.2, 0.25) is 0 Å². The molecule has 3 aromatic rings. The molecule has 7 heteroatoms. The fraction of sp³-hybridized carbons (Fsp3) is 0.318. The number of rotatable bonds is 4. The number of aryl methyl sites for hydroxylation is 2. The van der Waals surface area contributed by atoms with Gasteiger partial charge < -0.3 is 20.9 Å². The summed E-state index contributed by atoms with van der Waals surface area (Å²) in [5, 5.41) is 3.22. The van der Waals surface area contributed by atoms with Crippen LogP contribution < -0.4 is 20.9 Å². The van der Waals surface area contributed by atoms with E-state index in [0.717, 1.165) is 43.5 Å². The maximum absolute atomic E-state index is 6.42. The van der Waals surface area contributed by atoms with Crippen LogP contribution in [0.3, 0.4) is 0 Å². The average molecular weight is 390 g/mol. The topological polar surface area (TPSA) is 83.2 Å². The molecule has 0 saturated carbocycles. The number of anilines is 5. The minimum Gasteiger partial charge on any atom is -0.393 e. The molecule has 3 N–H and O–H groups in total. The Balaban J connectivity index is 1.49. The third-order valence-corrected chi connectivity index (χ3v) is 5.49. The van der Waals surface area contributed by atoms with Crippen LogP contribution in [-0.2, 0) is 0 Å². The van der Waals surface area contributed by atoms with Crippen molar-refractivity contribution in [2.45, 2.75) is 20.8 Å². The molecule has 1 aliphatic rings. The van der Waals surface area contributed by atoms with E-state index in [1.54, 1.807) is 6.33 Å². The number of nitrogens with zero attached hydrogens (tertiary/aromatic N) is 5. The van der Waals surface area contributed by atoms with Gasteiger partial charge in [-0.25, -0.2) is 15.0 Å². The van der Waals surface area contributed by atoms with E-state index < -0.39 is 0 Å². The molecule has 0 aliphatic carbocycles. The van der Waals surface area contributed by atoms with Gasteiger partial charge in [0.15, 0.2) is 11.6 Å². The van der Waals surface area contributed by atoms with Crippen LogP contribution in [0.5, 0.6) is 0 Å². The zero-order valence-electron chi connectivity index (χ0n) is 17.2. The summed E-state index contributed by atoms with van der Waals surface area (Å²) >= 11 is 0. The van der Waals surface area contributed by atoms with Crippen LogP contribution in [0.4, 0.5) is 28.8 Å². The first-order valence-electron chi connectivity index (χ1n) is 9.90. The van der Waals surface area contributed by atoms with Crippen molar-refractivity contribution < 1.29 is 0 Å². The van der Waals surface area contributed by atoms with Crippen LogP contribution in [0.1, 0.15) is 16.8 Å². The van der Waals surface area contributed by atoms with Crippen LogP contribution in [0, 0.1) is 20.8 Å². The number of aromatic nitrogens is 3. The van der Waals surface area contributed by atoms with Crippen molar-refractivity contribution in [3.8, 4) is 0 Å². The Hall–Kier alpha value is -3.35. The second-order valence-corrected chi connectivity index (χ2v) is 7.44. The zero-order valence-corrected chi connectivity index (χ0v) is 17.2. The molecule has 0 radical (unpaired) electrons. The van der Waals surface area contributed by atoms with E-state index in [1.165, 1.54) is 16.8 Å². The summed E-state index contributed by atoms with van der Waals surface area (Å²) in [7, 11) is 0. The highest BCUT2D eigenvalue weighted by Crippen LogP contribution is 2.30. The summed E-state index contributed by atoms with van der Waals surface area (Å²) in [6, 6.07) is 12.3. The van der Waals surface area contributed by atoms with Crippen molar-refractivity contribution in [3.63, 3.8) is 0 Å². The molecular weight excluding hydrogens is 362 g/mol. The van der Waals surface area contributed by atoms with E-state index in [0.29, 0.717) is 11.5 Å². The zero-order chi connectivity index (χ0) is 20.4. The lowest BCUT2D eigenvalue weighted by Crippen LogP contribution is -2.47. The predicted octanol–water partition coefficient (Wildman–Crippen LogP) is 3.45. The summed E-state index contributed by atoms with van der Waals surface area (Å²) in [5.41, 5.74) is 11.9. The SMILES string of the molecule is Cc1cccc(Nc2ncnc(N3CCN(c4cccc(C)c4C)CC3)c2N)n1. The summed E-state index contributed by atoms with van der Waals surface area (Å²) in [4.78, 5) is 17.9. The monoisotopic (exact) mass is 389 g/mol. The second kappa shape index (κ2) is 7.95. The molecule has 1 fully saturated rings. The van der Waals surface area contributed by atoms with E-state index in [-0.39, 0.29) is 0 Å². The van der Waals surface area contributed by atoms with Crippen LogP contribution in [0.15, 0.2) is 42.7 Å². The summed E-state index contributed by atoms with van der Waals surface area (Å²) in [6.07, 6.45) is 1.56. The number of nitrogens with one attached hydrogen (secondary N) is 1. The molecule has 0 unspecified atom stereocenters. The largest absolute Gasteiger partial charge is 0.393 e. The molecule has 29 heavy (non-hydrogen) atoms. The number of nitrogen functional groups attached to an aromatic ring is 1. The lowest BCUT2D eigenvalue weighted by Gasteiger charge is -2.38. The molecule has 3 heterocycles. The highest BCUT2D eigenvalue weighted by atomic mass is 15.3. The van der Waals surface area contributed by atoms with Crippen molar-refractivity contribution in [2.24, 2.45) is 0 Å². The first-order chi connectivity index (χ1) is 14.0. The van der Waals surface area contributed by atoms with Crippen molar-refractivity contribution >= 4 is 28.8 Å². The number of hydrogen-bond acceptors (Lipinski definition) is 7. The Kier molecular flexibility index (Phi) is 5.20. The summed E-state index contributed by atoms with van der Waals surface area (Å²) < 4.78 is 0. The van der Waals surface area contributed by atoms with Gasteiger partial charge in [0.1, 0.15) is 17.8 Å². The maximum atomic E-state index is 6.42. The van der Waals surface area contributed by atoms with Crippen LogP contribution in [0.25, 0.3) is 0 Å². The van der Waals surface area contributed by atoms with Crippen molar-refractivity contribution in [3.05, 3.63) is 59.5 Å². The van der Waals surface area contributed by atoms with E-state index in [9.17, 15) is 0 Å². The number of benzene rings is 1. The molecule has 150 valence electrons. The fourth-order valence-corrected chi connectivity index (χ4v) is 3.71. The molecule has 0 atom stereocenters. The molecule has 7 nitrogen and oxygen atoms in total. The van der Waals surface area contributed by atoms with Crippen molar-refractivity contribution in [2.75, 3.05) is 47.0 Å². The van der Waals surface area contributed by atoms with E-state index in [2.05, 4.69) is 62.1 Å². The Bertz CT molecular complexity index is 1010. The molecule has 1 saturated heterocycles. The number of pyridine rings is 1. The summed E-state index contributed by atoms with van der Waals surface area (Å²) in [5.74, 6) is 2.09. The molecule has 1 aliphatic heterocycles. The van der Waals surface area contributed by atoms with Crippen LogP contribution >= 0.6 is 0 Å². The smallest absolute Gasteiger partial charge is 0.160 e. The predicted molar refractivity (Wildman–Crippen MR) is 119 cm³/mol. The molecular formula is C22H27N7. The summed E-state index contributed by atoms with van der Waals surface area (Å²) in [6.45, 7) is 9.87. The van der Waals surface area contributed by atoms with Gasteiger partial charge in [-0.1, -0.05) is 18.2 Å². The average Bonchev–Trinajstić information content (AvgIpc) is 2.72. The van der Waals surface area contributed by atoms with E-state index in [1.807, 2.05) is 25.1 Å². The minimum atomic E-state index is 0.552. The van der Waals surface area contributed by atoms with Crippen molar-refractivity contribution in [1.82, 2.24) is 15.0 Å². The fourth-order valence-electron chi connectivity index (χ4n) is 3.71. The number of hydrogen-bond donors (Lipinski definition) is 2. The Labute approximate surface area is 171 Å². The Morgan fingerprint density at radius 1 is 0.897 bits per heavy atom. The van der Waals surface area contributed by atoms with Crippen molar-refractivity contribution in [1.29, 1.82) is 0 Å². The number of nitrogens with two attached hydrogens (primary N) is 1. The second-order valence-electron chi connectivity index (χ2n) is 7.44. The Morgan fingerprint density at radius 2 is 1.62 bits per heavy atom. The van der Waals surface area contributed by atoms with Crippen LogP contribution in [-0.4, -0.2) is 41.1 Å². The first-order valence-corrected chi connectivity index (χ1v) is 9.90. The standard InChI is InChI=1S/C22H27N7/c1-15-6-4-8-18(17(15)3)28-10-12-29(13-11-28)22-20(23)21(24-14-25-22)27-19-9-5-7-16(2)26-19/h4-9,14H,10-13,23H2,1-3H3,(H,24,25,26,27). The molecule has 4 rings (SSSR count). The van der Waals surface area contributed by atoms with Gasteiger partial charge >= 0.3 is 0 Å². The highest BCUT2D eigenvalue weighted by molar-refractivity contribution is 5.77. The van der Waals surface area contributed by atoms with Crippen LogP contribution in [0.2, 0.25) is 0 Å². The van der Waals surface area contributed by atoms with Gasteiger partial charge in [-0.05, 0) is 50.1 Å². The Morgan fingerprint density at radius 3 is 2.38 bits per heavy atom. The lowest BCUT2D eigenvalue weighted by molar-refractivity contribution is 0.646. The molecule has 0 spiro atoms. The molecule has 0 amide bonds. The third-order valence-electron chi connectivity index (χ3n) is 5.49. The first kappa shape index (κ1) is 19.0. The molecule has 1 aromatic carbocycles. The molecule has 0 bridgehead atoms. The van der Waals surface area contributed by atoms with Gasteiger partial charge in [0.25, 0.3) is 0 Å². The van der Waals surface area contributed by atoms with E-state index in [4.69, 9.17) is 5.73 Å². The van der Waals surface area contributed by atoms with Gasteiger partial charge in [0, 0.05) is 37.6 Å². The normalized spacial score (nSPS) is 14.2.